The lowest BCUT2D eigenvalue weighted by Gasteiger charge is -2.28. The zero-order chi connectivity index (χ0) is 25.1. The zero-order valence-electron chi connectivity index (χ0n) is 19.8. The van der Waals surface area contributed by atoms with Crippen LogP contribution in [0.1, 0.15) is 35.5 Å². The summed E-state index contributed by atoms with van der Waals surface area (Å²) in [6.07, 6.45) is 3.91. The Labute approximate surface area is 214 Å². The number of pyridine rings is 1. The highest BCUT2D eigenvalue weighted by molar-refractivity contribution is 7.80. The highest BCUT2D eigenvalue weighted by Gasteiger charge is 2.41. The summed E-state index contributed by atoms with van der Waals surface area (Å²) in [7, 11) is 0. The lowest BCUT2D eigenvalue weighted by molar-refractivity contribution is -0.116. The first-order valence-corrected chi connectivity index (χ1v) is 12.2. The molecule has 2 N–H and O–H groups in total. The Bertz CT molecular complexity index is 1370. The summed E-state index contributed by atoms with van der Waals surface area (Å²) < 4.78 is 16.0. The van der Waals surface area contributed by atoms with E-state index in [1.165, 1.54) is 12.1 Å². The van der Waals surface area contributed by atoms with E-state index in [1.807, 2.05) is 83.3 Å². The highest BCUT2D eigenvalue weighted by atomic mass is 32.1. The van der Waals surface area contributed by atoms with E-state index in [9.17, 15) is 9.18 Å². The Kier molecular flexibility index (Phi) is 6.77. The number of halogens is 1. The van der Waals surface area contributed by atoms with Crippen molar-refractivity contribution in [1.29, 1.82) is 0 Å². The van der Waals surface area contributed by atoms with E-state index in [0.29, 0.717) is 17.3 Å². The van der Waals surface area contributed by atoms with Crippen LogP contribution in [0.15, 0.2) is 91.3 Å². The quantitative estimate of drug-likeness (QED) is 0.337. The van der Waals surface area contributed by atoms with Crippen LogP contribution >= 0.6 is 12.2 Å². The lowest BCUT2D eigenvalue weighted by Crippen LogP contribution is -2.33. The number of aryl methyl sites for hydroxylation is 1. The monoisotopic (exact) mass is 499 g/mol. The molecule has 1 amide bonds. The summed E-state index contributed by atoms with van der Waals surface area (Å²) in [5.41, 5.74) is 4.36. The molecule has 5 rings (SSSR count). The number of amides is 1. The summed E-state index contributed by atoms with van der Waals surface area (Å²) in [6, 6.07) is 23.4. The summed E-state index contributed by atoms with van der Waals surface area (Å²) in [6.45, 7) is 2.41. The number of benzene rings is 2. The summed E-state index contributed by atoms with van der Waals surface area (Å²) in [5, 5.41) is 6.91. The fourth-order valence-electron chi connectivity index (χ4n) is 4.55. The van der Waals surface area contributed by atoms with Gasteiger partial charge in [0.05, 0.1) is 17.8 Å². The molecule has 0 aliphatic carbocycles. The van der Waals surface area contributed by atoms with E-state index in [0.717, 1.165) is 22.6 Å². The second-order valence-corrected chi connectivity index (χ2v) is 9.15. The number of aromatic nitrogens is 2. The van der Waals surface area contributed by atoms with Gasteiger partial charge in [-0.05, 0) is 73.7 Å². The highest BCUT2D eigenvalue weighted by Crippen LogP contribution is 2.39. The minimum Gasteiger partial charge on any atom is -0.352 e. The van der Waals surface area contributed by atoms with Crippen molar-refractivity contribution in [3.8, 4) is 5.69 Å². The van der Waals surface area contributed by atoms with Crippen molar-refractivity contribution in [2.75, 3.05) is 11.9 Å². The molecular formula is C28H26FN5OS. The molecule has 1 fully saturated rings. The molecule has 2 aromatic carbocycles. The van der Waals surface area contributed by atoms with Gasteiger partial charge in [-0.25, -0.2) is 4.39 Å². The lowest BCUT2D eigenvalue weighted by atomic mass is 10.0. The van der Waals surface area contributed by atoms with Crippen molar-refractivity contribution in [3.05, 3.63) is 114 Å². The second-order valence-electron chi connectivity index (χ2n) is 8.77. The van der Waals surface area contributed by atoms with Crippen LogP contribution in [-0.2, 0) is 4.79 Å². The Balaban J connectivity index is 1.44. The number of thiocarbonyl (C=S) groups is 1. The number of carbonyl (C=O) groups excluding carboxylic acids is 1. The topological polar surface area (TPSA) is 62.2 Å². The smallest absolute Gasteiger partial charge is 0.226 e. The van der Waals surface area contributed by atoms with Gasteiger partial charge in [-0.3, -0.25) is 9.78 Å². The molecule has 0 saturated carbocycles. The molecule has 0 spiro atoms. The number of nitrogens with zero attached hydrogens (tertiary/aromatic N) is 3. The molecule has 36 heavy (non-hydrogen) atoms. The van der Waals surface area contributed by atoms with Crippen LogP contribution < -0.4 is 10.6 Å². The van der Waals surface area contributed by atoms with Crippen molar-refractivity contribution in [2.24, 2.45) is 0 Å². The van der Waals surface area contributed by atoms with Crippen LogP contribution in [0.25, 0.3) is 5.69 Å². The van der Waals surface area contributed by atoms with Crippen LogP contribution in [0, 0.1) is 12.7 Å². The third kappa shape index (κ3) is 4.99. The van der Waals surface area contributed by atoms with Gasteiger partial charge in [-0.2, -0.15) is 0 Å². The van der Waals surface area contributed by atoms with Crippen LogP contribution in [0.5, 0.6) is 0 Å². The average Bonchev–Trinajstić information content (AvgIpc) is 3.49. The van der Waals surface area contributed by atoms with E-state index >= 15 is 0 Å². The first-order valence-electron chi connectivity index (χ1n) is 11.8. The zero-order valence-corrected chi connectivity index (χ0v) is 20.6. The standard InChI is InChI=1S/C28H26FN5OS/c1-19-10-12-21(13-11-19)31-25(35)14-17-34-27(26(32-28(34)36)23-8-2-3-15-30-23)24-9-5-16-33(24)22-7-4-6-20(29)18-22/h2-13,15-16,18,26-27H,14,17H2,1H3,(H,31,35)(H,32,36)/t26-,27-/m1/s1. The van der Waals surface area contributed by atoms with Gasteiger partial charge in [0, 0.05) is 42.4 Å². The van der Waals surface area contributed by atoms with Crippen molar-refractivity contribution in [2.45, 2.75) is 25.4 Å². The number of nitrogens with one attached hydrogen (secondary N) is 2. The molecular weight excluding hydrogens is 473 g/mol. The predicted molar refractivity (Wildman–Crippen MR) is 142 cm³/mol. The summed E-state index contributed by atoms with van der Waals surface area (Å²) >= 11 is 5.73. The number of hydrogen-bond acceptors (Lipinski definition) is 3. The van der Waals surface area contributed by atoms with Crippen LogP contribution in [-0.4, -0.2) is 32.0 Å². The Hall–Kier alpha value is -4.04. The summed E-state index contributed by atoms with van der Waals surface area (Å²) in [4.78, 5) is 19.4. The first kappa shape index (κ1) is 23.7. The molecule has 0 radical (unpaired) electrons. The van der Waals surface area contributed by atoms with Crippen molar-refractivity contribution in [1.82, 2.24) is 19.8 Å². The Morgan fingerprint density at radius 2 is 1.92 bits per heavy atom. The Morgan fingerprint density at radius 1 is 1.08 bits per heavy atom. The van der Waals surface area contributed by atoms with Gasteiger partial charge in [0.1, 0.15) is 5.82 Å². The fourth-order valence-corrected chi connectivity index (χ4v) is 4.88. The maximum atomic E-state index is 14.0. The van der Waals surface area contributed by atoms with Crippen LogP contribution in [0.4, 0.5) is 10.1 Å². The molecule has 1 aliphatic rings. The number of rotatable bonds is 7. The van der Waals surface area contributed by atoms with Crippen molar-refractivity contribution in [3.63, 3.8) is 0 Å². The molecule has 6 nitrogen and oxygen atoms in total. The second kappa shape index (κ2) is 10.3. The molecule has 182 valence electrons. The van der Waals surface area contributed by atoms with E-state index in [1.54, 1.807) is 12.3 Å². The third-order valence-electron chi connectivity index (χ3n) is 6.28. The molecule has 0 unspecified atom stereocenters. The SMILES string of the molecule is Cc1ccc(NC(=O)CCN2C(=S)N[C@H](c3ccccn3)[C@H]2c2cccn2-c2cccc(F)c2)cc1. The molecule has 4 aromatic rings. The van der Waals surface area contributed by atoms with Gasteiger partial charge < -0.3 is 20.1 Å². The molecule has 8 heteroatoms. The van der Waals surface area contributed by atoms with E-state index in [2.05, 4.69) is 15.6 Å². The molecule has 1 aliphatic heterocycles. The maximum Gasteiger partial charge on any atom is 0.226 e. The van der Waals surface area contributed by atoms with E-state index in [-0.39, 0.29) is 30.2 Å². The largest absolute Gasteiger partial charge is 0.352 e. The fraction of sp³-hybridized carbons (Fsp3) is 0.179. The minimum absolute atomic E-state index is 0.0952. The van der Waals surface area contributed by atoms with Crippen molar-refractivity contribution >= 4 is 28.9 Å². The number of anilines is 1. The number of carbonyl (C=O) groups is 1. The maximum absolute atomic E-state index is 14.0. The summed E-state index contributed by atoms with van der Waals surface area (Å²) in [5.74, 6) is -0.402. The van der Waals surface area contributed by atoms with Gasteiger partial charge in [0.15, 0.2) is 5.11 Å². The van der Waals surface area contributed by atoms with Gasteiger partial charge in [-0.15, -0.1) is 0 Å². The first-order chi connectivity index (χ1) is 17.5. The molecule has 0 bridgehead atoms. The molecule has 3 heterocycles. The number of hydrogen-bond donors (Lipinski definition) is 2. The van der Waals surface area contributed by atoms with E-state index < -0.39 is 0 Å². The normalized spacial score (nSPS) is 17.2. The van der Waals surface area contributed by atoms with Gasteiger partial charge >= 0.3 is 0 Å². The third-order valence-corrected chi connectivity index (χ3v) is 6.63. The van der Waals surface area contributed by atoms with Gasteiger partial charge in [0.25, 0.3) is 0 Å². The molecule has 1 saturated heterocycles. The van der Waals surface area contributed by atoms with E-state index in [4.69, 9.17) is 12.2 Å². The molecule has 2 atom stereocenters. The average molecular weight is 500 g/mol. The van der Waals surface area contributed by atoms with Crippen LogP contribution in [0.3, 0.4) is 0 Å². The minimum atomic E-state index is -0.307. The Morgan fingerprint density at radius 3 is 2.67 bits per heavy atom. The van der Waals surface area contributed by atoms with Gasteiger partial charge in [0.2, 0.25) is 5.91 Å². The molecule has 2 aromatic heterocycles. The van der Waals surface area contributed by atoms with Crippen LogP contribution in [0.2, 0.25) is 0 Å². The van der Waals surface area contributed by atoms with Crippen molar-refractivity contribution < 1.29 is 9.18 Å². The van der Waals surface area contributed by atoms with Gasteiger partial charge in [-0.1, -0.05) is 29.8 Å². The predicted octanol–water partition coefficient (Wildman–Crippen LogP) is 5.32.